The largest absolute Gasteiger partial charge is 0.336 e. The maximum Gasteiger partial charge on any atom is 0.255 e. The molecule has 0 radical (unpaired) electrons. The lowest BCUT2D eigenvalue weighted by atomic mass is 9.93. The standard InChI is InChI=1S/C16H25N3O/c1-13-8-9-14(12-18-13)16(20)19(11-5-10-17)15-6-3-2-4-7-15/h8-9,12,15H,2-7,10-11,17H2,1H3. The van der Waals surface area contributed by atoms with Gasteiger partial charge in [0.2, 0.25) is 0 Å². The Morgan fingerprint density at radius 2 is 2.10 bits per heavy atom. The van der Waals surface area contributed by atoms with Crippen molar-refractivity contribution in [3.8, 4) is 0 Å². The van der Waals surface area contributed by atoms with Crippen LogP contribution in [0.25, 0.3) is 0 Å². The van der Waals surface area contributed by atoms with Gasteiger partial charge in [-0.25, -0.2) is 0 Å². The molecule has 110 valence electrons. The number of amides is 1. The Morgan fingerprint density at radius 1 is 1.35 bits per heavy atom. The van der Waals surface area contributed by atoms with Gasteiger partial charge in [-0.05, 0) is 44.9 Å². The molecule has 1 aromatic rings. The highest BCUT2D eigenvalue weighted by Crippen LogP contribution is 2.24. The summed E-state index contributed by atoms with van der Waals surface area (Å²) in [7, 11) is 0. The second kappa shape index (κ2) is 7.39. The zero-order valence-corrected chi connectivity index (χ0v) is 12.3. The van der Waals surface area contributed by atoms with Crippen LogP contribution in [0.5, 0.6) is 0 Å². The molecule has 0 atom stereocenters. The molecule has 4 heteroatoms. The second-order valence-electron chi connectivity index (χ2n) is 5.62. The van der Waals surface area contributed by atoms with E-state index in [2.05, 4.69) is 4.98 Å². The van der Waals surface area contributed by atoms with Crippen LogP contribution in [0, 0.1) is 6.92 Å². The number of nitrogens with zero attached hydrogens (tertiary/aromatic N) is 2. The van der Waals surface area contributed by atoms with E-state index in [-0.39, 0.29) is 5.91 Å². The third kappa shape index (κ3) is 3.79. The van der Waals surface area contributed by atoms with Crippen LogP contribution in [0.4, 0.5) is 0 Å². The number of carbonyl (C=O) groups is 1. The van der Waals surface area contributed by atoms with Gasteiger partial charge in [-0.15, -0.1) is 0 Å². The predicted molar refractivity (Wildman–Crippen MR) is 80.6 cm³/mol. The molecule has 4 nitrogen and oxygen atoms in total. The first-order valence-corrected chi connectivity index (χ1v) is 7.66. The lowest BCUT2D eigenvalue weighted by Crippen LogP contribution is -2.42. The van der Waals surface area contributed by atoms with Crippen molar-refractivity contribution in [1.29, 1.82) is 0 Å². The molecule has 1 heterocycles. The highest BCUT2D eigenvalue weighted by atomic mass is 16.2. The molecule has 2 N–H and O–H groups in total. The smallest absolute Gasteiger partial charge is 0.255 e. The van der Waals surface area contributed by atoms with E-state index in [9.17, 15) is 4.79 Å². The molecule has 1 fully saturated rings. The fourth-order valence-electron chi connectivity index (χ4n) is 2.86. The van der Waals surface area contributed by atoms with Gasteiger partial charge in [0.25, 0.3) is 5.91 Å². The molecule has 1 saturated carbocycles. The lowest BCUT2D eigenvalue weighted by molar-refractivity contribution is 0.0632. The summed E-state index contributed by atoms with van der Waals surface area (Å²) >= 11 is 0. The monoisotopic (exact) mass is 275 g/mol. The molecule has 1 aromatic heterocycles. The van der Waals surface area contributed by atoms with Gasteiger partial charge in [0.05, 0.1) is 5.56 Å². The van der Waals surface area contributed by atoms with Crippen LogP contribution in [0.3, 0.4) is 0 Å². The van der Waals surface area contributed by atoms with E-state index < -0.39 is 0 Å². The van der Waals surface area contributed by atoms with Crippen molar-refractivity contribution in [2.75, 3.05) is 13.1 Å². The van der Waals surface area contributed by atoms with E-state index in [4.69, 9.17) is 5.73 Å². The third-order valence-corrected chi connectivity index (χ3v) is 4.04. The average molecular weight is 275 g/mol. The highest BCUT2D eigenvalue weighted by molar-refractivity contribution is 5.94. The average Bonchev–Trinajstić information content (AvgIpc) is 2.49. The Bertz CT molecular complexity index is 424. The minimum atomic E-state index is 0.109. The molecule has 0 saturated heterocycles. The number of hydrogen-bond donors (Lipinski definition) is 1. The van der Waals surface area contributed by atoms with E-state index in [1.807, 2.05) is 24.0 Å². The van der Waals surface area contributed by atoms with Crippen LogP contribution >= 0.6 is 0 Å². The minimum absolute atomic E-state index is 0.109. The quantitative estimate of drug-likeness (QED) is 0.898. The molecule has 1 amide bonds. The molecule has 0 aromatic carbocycles. The number of hydrogen-bond acceptors (Lipinski definition) is 3. The van der Waals surface area contributed by atoms with Crippen LogP contribution in [0.2, 0.25) is 0 Å². The first-order chi connectivity index (χ1) is 9.72. The molecule has 1 aliphatic rings. The van der Waals surface area contributed by atoms with Gasteiger partial charge < -0.3 is 10.6 Å². The Balaban J connectivity index is 2.11. The summed E-state index contributed by atoms with van der Waals surface area (Å²) in [6.07, 6.45) is 8.54. The van der Waals surface area contributed by atoms with Crippen molar-refractivity contribution < 1.29 is 4.79 Å². The van der Waals surface area contributed by atoms with Gasteiger partial charge in [0.15, 0.2) is 0 Å². The van der Waals surface area contributed by atoms with Crippen molar-refractivity contribution in [3.05, 3.63) is 29.6 Å². The number of carbonyl (C=O) groups excluding carboxylic acids is 1. The molecular weight excluding hydrogens is 250 g/mol. The summed E-state index contributed by atoms with van der Waals surface area (Å²) in [5.74, 6) is 0.109. The summed E-state index contributed by atoms with van der Waals surface area (Å²) in [5.41, 5.74) is 7.25. The van der Waals surface area contributed by atoms with Crippen molar-refractivity contribution in [1.82, 2.24) is 9.88 Å². The van der Waals surface area contributed by atoms with E-state index in [0.29, 0.717) is 18.2 Å². The number of aryl methyl sites for hydroxylation is 1. The highest BCUT2D eigenvalue weighted by Gasteiger charge is 2.25. The Hall–Kier alpha value is -1.42. The van der Waals surface area contributed by atoms with E-state index in [0.717, 1.165) is 31.5 Å². The van der Waals surface area contributed by atoms with Crippen molar-refractivity contribution in [2.45, 2.75) is 51.5 Å². The summed E-state index contributed by atoms with van der Waals surface area (Å²) in [4.78, 5) is 19.0. The number of rotatable bonds is 5. The van der Waals surface area contributed by atoms with E-state index in [1.54, 1.807) is 6.20 Å². The summed E-state index contributed by atoms with van der Waals surface area (Å²) in [6, 6.07) is 4.15. The zero-order chi connectivity index (χ0) is 14.4. The first kappa shape index (κ1) is 15.0. The Morgan fingerprint density at radius 3 is 2.70 bits per heavy atom. The fourth-order valence-corrected chi connectivity index (χ4v) is 2.86. The van der Waals surface area contributed by atoms with Gasteiger partial charge in [-0.3, -0.25) is 9.78 Å². The molecule has 0 unspecified atom stereocenters. The molecule has 0 bridgehead atoms. The van der Waals surface area contributed by atoms with Crippen LogP contribution in [0.1, 0.15) is 54.6 Å². The van der Waals surface area contributed by atoms with Gasteiger partial charge in [0, 0.05) is 24.5 Å². The SMILES string of the molecule is Cc1ccc(C(=O)N(CCCN)C2CCCCC2)cn1. The Labute approximate surface area is 121 Å². The molecule has 0 spiro atoms. The fraction of sp³-hybridized carbons (Fsp3) is 0.625. The molecule has 1 aliphatic carbocycles. The normalized spacial score (nSPS) is 16.1. The van der Waals surface area contributed by atoms with Crippen LogP contribution in [-0.2, 0) is 0 Å². The molecule has 2 rings (SSSR count). The number of nitrogens with two attached hydrogens (primary N) is 1. The Kier molecular flexibility index (Phi) is 5.53. The third-order valence-electron chi connectivity index (χ3n) is 4.04. The van der Waals surface area contributed by atoms with E-state index in [1.165, 1.54) is 19.3 Å². The number of aromatic nitrogens is 1. The zero-order valence-electron chi connectivity index (χ0n) is 12.3. The van der Waals surface area contributed by atoms with Gasteiger partial charge in [-0.1, -0.05) is 19.3 Å². The summed E-state index contributed by atoms with van der Waals surface area (Å²) in [6.45, 7) is 3.32. The molecular formula is C16H25N3O. The van der Waals surface area contributed by atoms with E-state index >= 15 is 0 Å². The first-order valence-electron chi connectivity index (χ1n) is 7.66. The maximum absolute atomic E-state index is 12.7. The summed E-state index contributed by atoms with van der Waals surface area (Å²) in [5, 5.41) is 0. The van der Waals surface area contributed by atoms with Gasteiger partial charge >= 0.3 is 0 Å². The van der Waals surface area contributed by atoms with Crippen LogP contribution < -0.4 is 5.73 Å². The van der Waals surface area contributed by atoms with Crippen LogP contribution in [0.15, 0.2) is 18.3 Å². The summed E-state index contributed by atoms with van der Waals surface area (Å²) < 4.78 is 0. The van der Waals surface area contributed by atoms with Crippen molar-refractivity contribution in [2.24, 2.45) is 5.73 Å². The molecule has 0 aliphatic heterocycles. The van der Waals surface area contributed by atoms with Gasteiger partial charge in [0.1, 0.15) is 0 Å². The molecule has 20 heavy (non-hydrogen) atoms. The van der Waals surface area contributed by atoms with Crippen molar-refractivity contribution in [3.63, 3.8) is 0 Å². The predicted octanol–water partition coefficient (Wildman–Crippen LogP) is 2.51. The maximum atomic E-state index is 12.7. The number of pyridine rings is 1. The van der Waals surface area contributed by atoms with Crippen molar-refractivity contribution >= 4 is 5.91 Å². The second-order valence-corrected chi connectivity index (χ2v) is 5.62. The topological polar surface area (TPSA) is 59.2 Å². The van der Waals surface area contributed by atoms with Crippen LogP contribution in [-0.4, -0.2) is 34.9 Å². The lowest BCUT2D eigenvalue weighted by Gasteiger charge is -2.34. The minimum Gasteiger partial charge on any atom is -0.336 e. The van der Waals surface area contributed by atoms with Gasteiger partial charge in [-0.2, -0.15) is 0 Å².